The number of benzene rings is 1. The lowest BCUT2D eigenvalue weighted by Gasteiger charge is -2.31. The summed E-state index contributed by atoms with van der Waals surface area (Å²) in [6, 6.07) is 9.88. The largest absolute Gasteiger partial charge is 0.300 e. The van der Waals surface area contributed by atoms with Crippen LogP contribution in [0.3, 0.4) is 0 Å². The third-order valence-corrected chi connectivity index (χ3v) is 9.03. The van der Waals surface area contributed by atoms with Gasteiger partial charge in [0.15, 0.2) is 4.34 Å². The molecule has 1 fully saturated rings. The minimum atomic E-state index is -3.37. The van der Waals surface area contributed by atoms with Crippen molar-refractivity contribution >= 4 is 44.2 Å². The summed E-state index contributed by atoms with van der Waals surface area (Å²) in [5.41, 5.74) is 1.14. The number of piperidine rings is 1. The van der Waals surface area contributed by atoms with Crippen LogP contribution in [-0.2, 0) is 21.2 Å². The highest BCUT2D eigenvalue weighted by Gasteiger charge is 2.32. The van der Waals surface area contributed by atoms with Crippen LogP contribution >= 0.6 is 23.1 Å². The van der Waals surface area contributed by atoms with Gasteiger partial charge in [-0.2, -0.15) is 0 Å². The highest BCUT2D eigenvalue weighted by molar-refractivity contribution is 8.01. The van der Waals surface area contributed by atoms with Gasteiger partial charge in [0, 0.05) is 18.8 Å². The fourth-order valence-corrected chi connectivity index (χ4v) is 6.62. The van der Waals surface area contributed by atoms with Crippen molar-refractivity contribution in [3.63, 3.8) is 0 Å². The molecule has 7 nitrogen and oxygen atoms in total. The number of carbonyl (C=O) groups is 1. The number of amides is 1. The van der Waals surface area contributed by atoms with E-state index in [1.54, 1.807) is 11.8 Å². The number of aryl methyl sites for hydroxylation is 1. The molecule has 30 heavy (non-hydrogen) atoms. The second kappa shape index (κ2) is 11.2. The van der Waals surface area contributed by atoms with E-state index in [2.05, 4.69) is 22.4 Å². The van der Waals surface area contributed by atoms with E-state index in [0.29, 0.717) is 30.9 Å². The number of nitrogens with zero attached hydrogens (tertiary/aromatic N) is 3. The van der Waals surface area contributed by atoms with E-state index in [0.717, 1.165) is 28.5 Å². The van der Waals surface area contributed by atoms with Crippen molar-refractivity contribution in [2.24, 2.45) is 5.92 Å². The van der Waals surface area contributed by atoms with Crippen molar-refractivity contribution in [3.8, 4) is 0 Å². The predicted molar refractivity (Wildman–Crippen MR) is 122 cm³/mol. The number of aromatic nitrogens is 2. The molecule has 0 spiro atoms. The molecule has 0 saturated carbocycles. The summed E-state index contributed by atoms with van der Waals surface area (Å²) in [6.45, 7) is 2.81. The summed E-state index contributed by atoms with van der Waals surface area (Å²) in [6.07, 6.45) is 3.71. The molecule has 1 aromatic carbocycles. The Balaban J connectivity index is 1.50. The topological polar surface area (TPSA) is 92.3 Å². The SMILES string of the molecule is CCCSc1nnc(NC(=O)[C@H]2CCCN(S(=O)(=O)CCCc3ccccc3)C2)s1. The zero-order valence-corrected chi connectivity index (χ0v) is 19.6. The van der Waals surface area contributed by atoms with Gasteiger partial charge < -0.3 is 5.32 Å². The molecular weight excluding hydrogens is 440 g/mol. The Bertz CT molecular complexity index is 918. The molecule has 0 unspecified atom stereocenters. The lowest BCUT2D eigenvalue weighted by Crippen LogP contribution is -2.44. The summed E-state index contributed by atoms with van der Waals surface area (Å²) in [7, 11) is -3.37. The third kappa shape index (κ3) is 6.76. The lowest BCUT2D eigenvalue weighted by molar-refractivity contribution is -0.120. The number of thioether (sulfide) groups is 1. The summed E-state index contributed by atoms with van der Waals surface area (Å²) in [5.74, 6) is 0.521. The number of nitrogens with one attached hydrogen (secondary N) is 1. The maximum Gasteiger partial charge on any atom is 0.230 e. The van der Waals surface area contributed by atoms with Crippen LogP contribution in [0.25, 0.3) is 0 Å². The first-order valence-electron chi connectivity index (χ1n) is 10.3. The Morgan fingerprint density at radius 2 is 2.10 bits per heavy atom. The molecule has 1 aliphatic rings. The Morgan fingerprint density at radius 1 is 1.30 bits per heavy atom. The summed E-state index contributed by atoms with van der Waals surface area (Å²) < 4.78 is 27.9. The minimum Gasteiger partial charge on any atom is -0.300 e. The van der Waals surface area contributed by atoms with Gasteiger partial charge in [-0.15, -0.1) is 10.2 Å². The third-order valence-electron chi connectivity index (χ3n) is 4.93. The van der Waals surface area contributed by atoms with Crippen molar-refractivity contribution < 1.29 is 13.2 Å². The van der Waals surface area contributed by atoms with Crippen LogP contribution < -0.4 is 5.32 Å². The lowest BCUT2D eigenvalue weighted by atomic mass is 9.99. The van der Waals surface area contributed by atoms with Gasteiger partial charge in [-0.3, -0.25) is 4.79 Å². The summed E-state index contributed by atoms with van der Waals surface area (Å²) in [4.78, 5) is 12.7. The molecule has 1 saturated heterocycles. The van der Waals surface area contributed by atoms with Gasteiger partial charge in [0.1, 0.15) is 0 Å². The second-order valence-corrected chi connectivity index (χ2v) is 11.7. The Morgan fingerprint density at radius 3 is 2.87 bits per heavy atom. The molecule has 2 aromatic rings. The van der Waals surface area contributed by atoms with Crippen LogP contribution in [0, 0.1) is 5.92 Å². The average molecular weight is 469 g/mol. The molecule has 0 radical (unpaired) electrons. The normalized spacial score (nSPS) is 17.7. The van der Waals surface area contributed by atoms with Crippen LogP contribution in [0.1, 0.15) is 38.2 Å². The highest BCUT2D eigenvalue weighted by atomic mass is 32.2. The van der Waals surface area contributed by atoms with Gasteiger partial charge in [-0.05, 0) is 37.7 Å². The van der Waals surface area contributed by atoms with Crippen molar-refractivity contribution in [1.82, 2.24) is 14.5 Å². The molecule has 1 aromatic heterocycles. The van der Waals surface area contributed by atoms with Gasteiger partial charge in [0.05, 0.1) is 11.7 Å². The highest BCUT2D eigenvalue weighted by Crippen LogP contribution is 2.27. The Labute approximate surface area is 186 Å². The van der Waals surface area contributed by atoms with Crippen LogP contribution in [0.15, 0.2) is 34.7 Å². The van der Waals surface area contributed by atoms with E-state index >= 15 is 0 Å². The van der Waals surface area contributed by atoms with Crippen LogP contribution in [0.5, 0.6) is 0 Å². The standard InChI is InChI=1S/C20H28N4O3S3/c1-2-13-28-20-23-22-19(29-20)21-18(25)17-11-6-12-24(15-17)30(26,27)14-7-10-16-8-4-3-5-9-16/h3-5,8-9,17H,2,6-7,10-15H2,1H3,(H,21,22,25)/t17-/m0/s1. The first-order chi connectivity index (χ1) is 14.5. The summed E-state index contributed by atoms with van der Waals surface area (Å²) >= 11 is 2.98. The van der Waals surface area contributed by atoms with Crippen molar-refractivity contribution in [2.75, 3.05) is 29.9 Å². The molecule has 0 aliphatic carbocycles. The van der Waals surface area contributed by atoms with Crippen LogP contribution in [0.2, 0.25) is 0 Å². The van der Waals surface area contributed by atoms with Gasteiger partial charge in [0.2, 0.25) is 21.1 Å². The quantitative estimate of drug-likeness (QED) is 0.423. The molecule has 1 amide bonds. The molecule has 2 heterocycles. The predicted octanol–water partition coefficient (Wildman–Crippen LogP) is 3.65. The number of anilines is 1. The smallest absolute Gasteiger partial charge is 0.230 e. The van der Waals surface area contributed by atoms with Gasteiger partial charge in [0.25, 0.3) is 0 Å². The summed E-state index contributed by atoms with van der Waals surface area (Å²) in [5, 5.41) is 11.4. The fraction of sp³-hybridized carbons (Fsp3) is 0.550. The molecule has 164 valence electrons. The van der Waals surface area contributed by atoms with E-state index in [1.807, 2.05) is 30.3 Å². The fourth-order valence-electron chi connectivity index (χ4n) is 3.36. The first-order valence-corrected chi connectivity index (χ1v) is 13.7. The number of sulfonamides is 1. The number of hydrogen-bond acceptors (Lipinski definition) is 7. The number of carbonyl (C=O) groups excluding carboxylic acids is 1. The maximum atomic E-state index is 12.8. The minimum absolute atomic E-state index is 0.102. The molecule has 3 rings (SSSR count). The van der Waals surface area contributed by atoms with Crippen LogP contribution in [0.4, 0.5) is 5.13 Å². The monoisotopic (exact) mass is 468 g/mol. The Hall–Kier alpha value is -1.49. The number of rotatable bonds is 10. The van der Waals surface area contributed by atoms with E-state index in [9.17, 15) is 13.2 Å². The van der Waals surface area contributed by atoms with Crippen molar-refractivity contribution in [3.05, 3.63) is 35.9 Å². The zero-order chi connectivity index (χ0) is 21.4. The van der Waals surface area contributed by atoms with Crippen molar-refractivity contribution in [2.45, 2.75) is 43.4 Å². The molecule has 1 atom stereocenters. The van der Waals surface area contributed by atoms with E-state index in [4.69, 9.17) is 0 Å². The first kappa shape index (κ1) is 23.2. The van der Waals surface area contributed by atoms with Gasteiger partial charge in [-0.25, -0.2) is 12.7 Å². The maximum absolute atomic E-state index is 12.8. The van der Waals surface area contributed by atoms with Gasteiger partial charge in [-0.1, -0.05) is 60.4 Å². The Kier molecular flexibility index (Phi) is 8.67. The molecular formula is C20H28N4O3S3. The van der Waals surface area contributed by atoms with Crippen LogP contribution in [-0.4, -0.2) is 53.4 Å². The molecule has 1 N–H and O–H groups in total. The van der Waals surface area contributed by atoms with E-state index < -0.39 is 10.0 Å². The molecule has 1 aliphatic heterocycles. The van der Waals surface area contributed by atoms with Crippen molar-refractivity contribution in [1.29, 1.82) is 0 Å². The number of hydrogen-bond donors (Lipinski definition) is 1. The van der Waals surface area contributed by atoms with E-state index in [-0.39, 0.29) is 24.1 Å². The molecule has 0 bridgehead atoms. The zero-order valence-electron chi connectivity index (χ0n) is 17.1. The second-order valence-electron chi connectivity index (χ2n) is 7.31. The van der Waals surface area contributed by atoms with Gasteiger partial charge >= 0.3 is 0 Å². The average Bonchev–Trinajstić information content (AvgIpc) is 3.20. The molecule has 10 heteroatoms. The van der Waals surface area contributed by atoms with E-state index in [1.165, 1.54) is 15.6 Å².